The summed E-state index contributed by atoms with van der Waals surface area (Å²) in [6.45, 7) is 6.93. The molecule has 2 saturated heterocycles. The van der Waals surface area contributed by atoms with Gasteiger partial charge in [-0.3, -0.25) is 9.80 Å². The van der Waals surface area contributed by atoms with Crippen molar-refractivity contribution in [1.29, 1.82) is 0 Å². The van der Waals surface area contributed by atoms with Crippen LogP contribution >= 0.6 is 11.3 Å². The maximum absolute atomic E-state index is 8.82. The van der Waals surface area contributed by atoms with E-state index < -0.39 is 0 Å². The third kappa shape index (κ3) is 4.19. The molecule has 3 heterocycles. The van der Waals surface area contributed by atoms with Crippen LogP contribution in [0.3, 0.4) is 0 Å². The van der Waals surface area contributed by atoms with Gasteiger partial charge in [0.25, 0.3) is 0 Å². The van der Waals surface area contributed by atoms with Crippen LogP contribution in [0.2, 0.25) is 0 Å². The standard InChI is InChI=1S/C19H29N3OS/c1-20-10-6-19(7-11-20)16-22(9-4-8-21(19)2)14-18-13-17(15-24-18)5-3-12-23/h13,15,23H,4,6-12,14,16H2,1-2H3. The molecule has 24 heavy (non-hydrogen) atoms. The molecule has 1 aromatic rings. The molecule has 0 aliphatic carbocycles. The highest BCUT2D eigenvalue weighted by molar-refractivity contribution is 7.10. The summed E-state index contributed by atoms with van der Waals surface area (Å²) in [7, 11) is 4.56. The molecule has 1 N–H and O–H groups in total. The largest absolute Gasteiger partial charge is 0.384 e. The molecular weight excluding hydrogens is 318 g/mol. The molecule has 0 unspecified atom stereocenters. The fourth-order valence-electron chi connectivity index (χ4n) is 3.99. The highest BCUT2D eigenvalue weighted by Crippen LogP contribution is 2.31. The normalized spacial score (nSPS) is 23.0. The lowest BCUT2D eigenvalue weighted by Crippen LogP contribution is -2.57. The molecule has 0 aromatic carbocycles. The fraction of sp³-hybridized carbons (Fsp3) is 0.684. The van der Waals surface area contributed by atoms with Crippen molar-refractivity contribution in [1.82, 2.24) is 14.7 Å². The lowest BCUT2D eigenvalue weighted by Gasteiger charge is -2.47. The third-order valence-electron chi connectivity index (χ3n) is 5.56. The van der Waals surface area contributed by atoms with Gasteiger partial charge in [0.1, 0.15) is 6.61 Å². The van der Waals surface area contributed by atoms with E-state index in [4.69, 9.17) is 5.11 Å². The first kappa shape index (κ1) is 17.9. The van der Waals surface area contributed by atoms with E-state index in [1.54, 1.807) is 11.3 Å². The lowest BCUT2D eigenvalue weighted by molar-refractivity contribution is 0.0339. The van der Waals surface area contributed by atoms with E-state index in [9.17, 15) is 0 Å². The predicted octanol–water partition coefficient (Wildman–Crippen LogP) is 1.69. The number of piperidine rings is 1. The highest BCUT2D eigenvalue weighted by atomic mass is 32.1. The number of hydrogen-bond acceptors (Lipinski definition) is 5. The molecule has 2 aliphatic rings. The zero-order valence-corrected chi connectivity index (χ0v) is 15.7. The Balaban J connectivity index is 1.68. The topological polar surface area (TPSA) is 30.0 Å². The van der Waals surface area contributed by atoms with Gasteiger partial charge in [-0.1, -0.05) is 11.8 Å². The number of rotatable bonds is 2. The minimum Gasteiger partial charge on any atom is -0.384 e. The van der Waals surface area contributed by atoms with E-state index in [1.807, 2.05) is 0 Å². The number of thiophene rings is 1. The summed E-state index contributed by atoms with van der Waals surface area (Å²) in [5, 5.41) is 10.9. The minimum absolute atomic E-state index is 0.0688. The van der Waals surface area contributed by atoms with Crippen molar-refractivity contribution in [2.45, 2.75) is 31.3 Å². The summed E-state index contributed by atoms with van der Waals surface area (Å²) in [4.78, 5) is 9.11. The fourth-order valence-corrected chi connectivity index (χ4v) is 4.84. The lowest BCUT2D eigenvalue weighted by atomic mass is 9.85. The van der Waals surface area contributed by atoms with Crippen LogP contribution in [0.5, 0.6) is 0 Å². The third-order valence-corrected chi connectivity index (χ3v) is 6.48. The highest BCUT2D eigenvalue weighted by Gasteiger charge is 2.40. The van der Waals surface area contributed by atoms with Crippen molar-refractivity contribution in [3.63, 3.8) is 0 Å². The van der Waals surface area contributed by atoms with Crippen molar-refractivity contribution in [3.05, 3.63) is 21.9 Å². The quantitative estimate of drug-likeness (QED) is 0.825. The average Bonchev–Trinajstić information content (AvgIpc) is 2.96. The van der Waals surface area contributed by atoms with Crippen molar-refractivity contribution in [2.75, 3.05) is 53.4 Å². The molecule has 1 aromatic heterocycles. The number of likely N-dealkylation sites (N-methyl/N-ethyl adjacent to an activating group) is 1. The molecule has 132 valence electrons. The average molecular weight is 348 g/mol. The van der Waals surface area contributed by atoms with Gasteiger partial charge in [-0.15, -0.1) is 11.3 Å². The Morgan fingerprint density at radius 3 is 2.75 bits per heavy atom. The van der Waals surface area contributed by atoms with Crippen LogP contribution in [0.25, 0.3) is 0 Å². The smallest absolute Gasteiger partial charge is 0.104 e. The molecule has 3 rings (SSSR count). The summed E-state index contributed by atoms with van der Waals surface area (Å²) >= 11 is 1.79. The van der Waals surface area contributed by atoms with E-state index >= 15 is 0 Å². The SMILES string of the molecule is CN1CCC2(CC1)CN(Cc1cc(C#CCO)cs1)CCCN2C. The van der Waals surface area contributed by atoms with E-state index in [0.29, 0.717) is 5.54 Å². The molecule has 0 bridgehead atoms. The number of aliphatic hydroxyl groups excluding tert-OH is 1. The minimum atomic E-state index is -0.0688. The number of nitrogens with zero attached hydrogens (tertiary/aromatic N) is 3. The molecule has 2 fully saturated rings. The Morgan fingerprint density at radius 1 is 1.21 bits per heavy atom. The Hall–Kier alpha value is -0.900. The second-order valence-electron chi connectivity index (χ2n) is 7.27. The molecule has 0 radical (unpaired) electrons. The molecule has 1 spiro atoms. The molecule has 4 nitrogen and oxygen atoms in total. The molecular formula is C19H29N3OS. The Labute approximate surface area is 150 Å². The van der Waals surface area contributed by atoms with Gasteiger partial charge in [0.15, 0.2) is 0 Å². The van der Waals surface area contributed by atoms with Crippen molar-refractivity contribution < 1.29 is 5.11 Å². The first-order valence-electron chi connectivity index (χ1n) is 8.91. The monoisotopic (exact) mass is 347 g/mol. The van der Waals surface area contributed by atoms with Crippen LogP contribution in [-0.2, 0) is 6.54 Å². The summed E-state index contributed by atoms with van der Waals surface area (Å²) in [5.41, 5.74) is 1.38. The van der Waals surface area contributed by atoms with Gasteiger partial charge >= 0.3 is 0 Å². The number of likely N-dealkylation sites (tertiary alicyclic amines) is 1. The van der Waals surface area contributed by atoms with E-state index in [2.05, 4.69) is 52.1 Å². The Kier molecular flexibility index (Phi) is 5.96. The van der Waals surface area contributed by atoms with Gasteiger partial charge in [-0.2, -0.15) is 0 Å². The van der Waals surface area contributed by atoms with Crippen molar-refractivity contribution in [3.8, 4) is 11.8 Å². The zero-order chi connectivity index (χ0) is 17.0. The number of aliphatic hydroxyl groups is 1. The molecule has 0 amide bonds. The van der Waals surface area contributed by atoms with Crippen LogP contribution in [0.15, 0.2) is 11.4 Å². The van der Waals surface area contributed by atoms with E-state index in [1.165, 1.54) is 56.9 Å². The molecule has 0 atom stereocenters. The molecule has 0 saturated carbocycles. The zero-order valence-electron chi connectivity index (χ0n) is 14.9. The second-order valence-corrected chi connectivity index (χ2v) is 8.27. The van der Waals surface area contributed by atoms with Crippen LogP contribution in [0, 0.1) is 11.8 Å². The van der Waals surface area contributed by atoms with Crippen LogP contribution in [-0.4, -0.2) is 78.8 Å². The maximum atomic E-state index is 8.82. The van der Waals surface area contributed by atoms with Crippen LogP contribution in [0.4, 0.5) is 0 Å². The summed E-state index contributed by atoms with van der Waals surface area (Å²) < 4.78 is 0. The first-order chi connectivity index (χ1) is 11.6. The van der Waals surface area contributed by atoms with Gasteiger partial charge in [0.05, 0.1) is 0 Å². The van der Waals surface area contributed by atoms with Gasteiger partial charge in [-0.25, -0.2) is 0 Å². The van der Waals surface area contributed by atoms with E-state index in [-0.39, 0.29) is 6.61 Å². The molecule has 5 heteroatoms. The van der Waals surface area contributed by atoms with Gasteiger partial charge in [0.2, 0.25) is 0 Å². The maximum Gasteiger partial charge on any atom is 0.104 e. The van der Waals surface area contributed by atoms with Crippen LogP contribution in [0.1, 0.15) is 29.7 Å². The summed E-state index contributed by atoms with van der Waals surface area (Å²) in [6.07, 6.45) is 3.79. The number of hydrogen-bond donors (Lipinski definition) is 1. The van der Waals surface area contributed by atoms with Crippen LogP contribution < -0.4 is 0 Å². The van der Waals surface area contributed by atoms with Crippen molar-refractivity contribution in [2.24, 2.45) is 0 Å². The molecule has 2 aliphatic heterocycles. The second kappa shape index (κ2) is 7.99. The summed E-state index contributed by atoms with van der Waals surface area (Å²) in [6, 6.07) is 2.18. The van der Waals surface area contributed by atoms with Crippen molar-refractivity contribution >= 4 is 11.3 Å². The van der Waals surface area contributed by atoms with E-state index in [0.717, 1.165) is 12.1 Å². The Morgan fingerprint density at radius 2 is 2.00 bits per heavy atom. The van der Waals surface area contributed by atoms with Gasteiger partial charge in [-0.05, 0) is 65.6 Å². The summed E-state index contributed by atoms with van der Waals surface area (Å²) in [5.74, 6) is 5.75. The van der Waals surface area contributed by atoms with Gasteiger partial charge < -0.3 is 10.0 Å². The predicted molar refractivity (Wildman–Crippen MR) is 100 cm³/mol. The van der Waals surface area contributed by atoms with Gasteiger partial charge in [0, 0.05) is 34.4 Å². The Bertz CT molecular complexity index is 595. The first-order valence-corrected chi connectivity index (χ1v) is 9.78.